The Hall–Kier alpha value is -1.78. The van der Waals surface area contributed by atoms with Crippen LogP contribution in [0.15, 0.2) is 36.4 Å². The second-order valence-electron chi connectivity index (χ2n) is 5.22. The minimum absolute atomic E-state index is 0.301. The maximum atomic E-state index is 13.8. The van der Waals surface area contributed by atoms with Gasteiger partial charge in [0.2, 0.25) is 0 Å². The van der Waals surface area contributed by atoms with Crippen LogP contribution in [0.4, 0.5) is 8.78 Å². The van der Waals surface area contributed by atoms with Gasteiger partial charge in [-0.1, -0.05) is 24.3 Å². The molecule has 0 bridgehead atoms. The Balaban J connectivity index is 2.52. The molecule has 2 rings (SSSR count). The van der Waals surface area contributed by atoms with E-state index in [9.17, 15) is 8.78 Å². The van der Waals surface area contributed by atoms with Crippen LogP contribution in [0.3, 0.4) is 0 Å². The van der Waals surface area contributed by atoms with E-state index in [1.807, 2.05) is 0 Å². The highest BCUT2D eigenvalue weighted by Gasteiger charge is 2.28. The molecule has 0 amide bonds. The van der Waals surface area contributed by atoms with Crippen LogP contribution in [0.1, 0.15) is 34.5 Å². The van der Waals surface area contributed by atoms with Gasteiger partial charge in [-0.2, -0.15) is 0 Å². The Morgan fingerprint density at radius 3 is 1.41 bits per heavy atom. The fourth-order valence-electron chi connectivity index (χ4n) is 2.69. The topological polar surface area (TPSA) is 18.5 Å². The zero-order valence-corrected chi connectivity index (χ0v) is 13.2. The maximum Gasteiger partial charge on any atom is 0.126 e. The molecule has 0 saturated carbocycles. The van der Waals surface area contributed by atoms with Crippen molar-refractivity contribution in [1.82, 2.24) is 0 Å². The molecular formula is C18H20F2O2. The van der Waals surface area contributed by atoms with Gasteiger partial charge in [-0.05, 0) is 48.2 Å². The van der Waals surface area contributed by atoms with E-state index >= 15 is 0 Å². The van der Waals surface area contributed by atoms with Crippen LogP contribution in [-0.4, -0.2) is 14.2 Å². The normalized spacial score (nSPS) is 13.9. The highest BCUT2D eigenvalue weighted by atomic mass is 19.1. The predicted molar refractivity (Wildman–Crippen MR) is 81.8 cm³/mol. The molecule has 0 radical (unpaired) electrons. The molecule has 4 heteroatoms. The summed E-state index contributed by atoms with van der Waals surface area (Å²) in [6, 6.07) is 9.67. The number of ether oxygens (including phenoxy) is 2. The molecule has 118 valence electrons. The van der Waals surface area contributed by atoms with E-state index in [0.717, 1.165) is 0 Å². The second-order valence-corrected chi connectivity index (χ2v) is 5.22. The molecule has 0 unspecified atom stereocenters. The van der Waals surface area contributed by atoms with Crippen LogP contribution in [-0.2, 0) is 9.47 Å². The van der Waals surface area contributed by atoms with E-state index in [0.29, 0.717) is 22.3 Å². The number of halogens is 2. The quantitative estimate of drug-likeness (QED) is 0.800. The van der Waals surface area contributed by atoms with Crippen molar-refractivity contribution >= 4 is 0 Å². The molecule has 22 heavy (non-hydrogen) atoms. The van der Waals surface area contributed by atoms with Crippen molar-refractivity contribution in [1.29, 1.82) is 0 Å². The lowest BCUT2D eigenvalue weighted by molar-refractivity contribution is -0.0405. The number of methoxy groups -OCH3 is 2. The van der Waals surface area contributed by atoms with E-state index in [1.165, 1.54) is 26.4 Å². The van der Waals surface area contributed by atoms with Crippen LogP contribution < -0.4 is 0 Å². The van der Waals surface area contributed by atoms with Crippen LogP contribution in [0, 0.1) is 25.5 Å². The molecular weight excluding hydrogens is 286 g/mol. The molecule has 0 N–H and O–H groups in total. The average Bonchev–Trinajstić information content (AvgIpc) is 2.51. The summed E-state index contributed by atoms with van der Waals surface area (Å²) in [4.78, 5) is 0. The Kier molecular flexibility index (Phi) is 5.27. The fourth-order valence-corrected chi connectivity index (χ4v) is 2.69. The third kappa shape index (κ3) is 3.03. The first-order valence-corrected chi connectivity index (χ1v) is 7.06. The zero-order valence-electron chi connectivity index (χ0n) is 13.2. The molecule has 0 aliphatic carbocycles. The summed E-state index contributed by atoms with van der Waals surface area (Å²) >= 11 is 0. The van der Waals surface area contributed by atoms with Gasteiger partial charge in [0.1, 0.15) is 23.8 Å². The van der Waals surface area contributed by atoms with Crippen LogP contribution in [0.2, 0.25) is 0 Å². The van der Waals surface area contributed by atoms with E-state index in [2.05, 4.69) is 0 Å². The molecule has 0 spiro atoms. The molecule has 0 fully saturated rings. The van der Waals surface area contributed by atoms with Gasteiger partial charge in [-0.25, -0.2) is 8.78 Å². The summed E-state index contributed by atoms with van der Waals surface area (Å²) in [6.45, 7) is 3.39. The van der Waals surface area contributed by atoms with Crippen LogP contribution in [0.25, 0.3) is 0 Å². The molecule has 0 aliphatic rings. The Morgan fingerprint density at radius 1 is 0.727 bits per heavy atom. The van der Waals surface area contributed by atoms with Crippen LogP contribution >= 0.6 is 0 Å². The molecule has 0 aromatic heterocycles. The molecule has 0 heterocycles. The lowest BCUT2D eigenvalue weighted by atomic mass is 9.92. The van der Waals surface area contributed by atoms with Gasteiger partial charge in [0.05, 0.1) is 0 Å². The maximum absolute atomic E-state index is 13.8. The molecule has 0 saturated heterocycles. The standard InChI is InChI=1S/C18H20F2O2/c1-11-13(7-5-9-15(11)19)17(21-3)18(22-4)14-8-6-10-16(20)12(14)2/h5-10,17-18H,1-4H3/t17-,18-/m1/s1. The average molecular weight is 306 g/mol. The highest BCUT2D eigenvalue weighted by Crippen LogP contribution is 2.37. The largest absolute Gasteiger partial charge is 0.374 e. The minimum atomic E-state index is -0.527. The molecule has 2 atom stereocenters. The highest BCUT2D eigenvalue weighted by molar-refractivity contribution is 5.35. The van der Waals surface area contributed by atoms with Crippen molar-refractivity contribution in [3.63, 3.8) is 0 Å². The lowest BCUT2D eigenvalue weighted by Crippen LogP contribution is -2.18. The van der Waals surface area contributed by atoms with Crippen LogP contribution in [0.5, 0.6) is 0 Å². The number of hydrogen-bond donors (Lipinski definition) is 0. The van der Waals surface area contributed by atoms with Crippen molar-refractivity contribution in [2.75, 3.05) is 14.2 Å². The summed E-state index contributed by atoms with van der Waals surface area (Å²) in [5, 5.41) is 0. The van der Waals surface area contributed by atoms with E-state index in [-0.39, 0.29) is 11.6 Å². The van der Waals surface area contributed by atoms with E-state index < -0.39 is 12.2 Å². The number of benzene rings is 2. The minimum Gasteiger partial charge on any atom is -0.374 e. The van der Waals surface area contributed by atoms with Crippen molar-refractivity contribution in [3.8, 4) is 0 Å². The summed E-state index contributed by atoms with van der Waals surface area (Å²) in [5.41, 5.74) is 2.40. The Morgan fingerprint density at radius 2 is 1.09 bits per heavy atom. The number of hydrogen-bond acceptors (Lipinski definition) is 2. The number of rotatable bonds is 5. The molecule has 2 aromatic carbocycles. The van der Waals surface area contributed by atoms with Gasteiger partial charge in [0.15, 0.2) is 0 Å². The first-order chi connectivity index (χ1) is 10.5. The monoisotopic (exact) mass is 306 g/mol. The lowest BCUT2D eigenvalue weighted by Gasteiger charge is -2.28. The van der Waals surface area contributed by atoms with E-state index in [1.54, 1.807) is 38.1 Å². The first kappa shape index (κ1) is 16.6. The predicted octanol–water partition coefficient (Wildman–Crippen LogP) is 4.66. The van der Waals surface area contributed by atoms with Gasteiger partial charge in [-0.3, -0.25) is 0 Å². The third-order valence-electron chi connectivity index (χ3n) is 4.02. The van der Waals surface area contributed by atoms with Crippen molar-refractivity contribution < 1.29 is 18.3 Å². The van der Waals surface area contributed by atoms with Gasteiger partial charge in [-0.15, -0.1) is 0 Å². The fraction of sp³-hybridized carbons (Fsp3) is 0.333. The SMILES string of the molecule is CO[C@H](c1cccc(F)c1C)[C@H](OC)c1cccc(F)c1C. The smallest absolute Gasteiger partial charge is 0.126 e. The van der Waals surface area contributed by atoms with E-state index in [4.69, 9.17) is 9.47 Å². The van der Waals surface area contributed by atoms with Crippen molar-refractivity contribution in [3.05, 3.63) is 70.3 Å². The van der Waals surface area contributed by atoms with Gasteiger partial charge in [0, 0.05) is 14.2 Å². The Bertz CT molecular complexity index is 598. The van der Waals surface area contributed by atoms with Gasteiger partial charge < -0.3 is 9.47 Å². The summed E-state index contributed by atoms with van der Waals surface area (Å²) in [7, 11) is 3.07. The summed E-state index contributed by atoms with van der Waals surface area (Å²) in [5.74, 6) is -0.601. The first-order valence-electron chi connectivity index (χ1n) is 7.06. The van der Waals surface area contributed by atoms with Crippen molar-refractivity contribution in [2.45, 2.75) is 26.1 Å². The third-order valence-corrected chi connectivity index (χ3v) is 4.02. The molecule has 2 aromatic rings. The Labute approximate surface area is 129 Å². The second kappa shape index (κ2) is 6.99. The zero-order chi connectivity index (χ0) is 16.3. The molecule has 2 nitrogen and oxygen atoms in total. The molecule has 0 aliphatic heterocycles. The van der Waals surface area contributed by atoms with Gasteiger partial charge in [0.25, 0.3) is 0 Å². The summed E-state index contributed by atoms with van der Waals surface area (Å²) in [6.07, 6.45) is -1.05. The van der Waals surface area contributed by atoms with Gasteiger partial charge >= 0.3 is 0 Å². The van der Waals surface area contributed by atoms with Crippen molar-refractivity contribution in [2.24, 2.45) is 0 Å². The summed E-state index contributed by atoms with van der Waals surface area (Å²) < 4.78 is 38.8.